The van der Waals surface area contributed by atoms with E-state index in [4.69, 9.17) is 9.47 Å². The van der Waals surface area contributed by atoms with Crippen LogP contribution in [0.3, 0.4) is 0 Å². The normalized spacial score (nSPS) is 15.8. The third kappa shape index (κ3) is 2.91. The summed E-state index contributed by atoms with van der Waals surface area (Å²) in [4.78, 5) is 29.7. The second-order valence-electron chi connectivity index (χ2n) is 7.00. The maximum Gasteiger partial charge on any atom is 0.299 e. The number of carbonyl (C=O) groups is 1. The molecule has 32 heavy (non-hydrogen) atoms. The smallest absolute Gasteiger partial charge is 0.299 e. The van der Waals surface area contributed by atoms with E-state index in [0.29, 0.717) is 17.0 Å². The maximum absolute atomic E-state index is 13.0. The van der Waals surface area contributed by atoms with Crippen molar-refractivity contribution in [3.8, 4) is 28.6 Å². The van der Waals surface area contributed by atoms with Crippen LogP contribution in [0.1, 0.15) is 18.7 Å². The molecule has 0 aliphatic carbocycles. The van der Waals surface area contributed by atoms with Crippen molar-refractivity contribution in [2.24, 2.45) is 0 Å². The minimum absolute atomic E-state index is 0.0763. The van der Waals surface area contributed by atoms with E-state index in [1.54, 1.807) is 30.5 Å². The number of aromatic nitrogens is 3. The van der Waals surface area contributed by atoms with Gasteiger partial charge in [0.1, 0.15) is 5.56 Å². The molecule has 2 aromatic carbocycles. The van der Waals surface area contributed by atoms with Crippen LogP contribution >= 0.6 is 11.8 Å². The molecule has 0 fully saturated rings. The second kappa shape index (κ2) is 7.34. The first-order valence-corrected chi connectivity index (χ1v) is 10.6. The Morgan fingerprint density at radius 2 is 2.00 bits per heavy atom. The zero-order chi connectivity index (χ0) is 22.6. The molecular weight excluding hydrogens is 438 g/mol. The molecule has 3 heterocycles. The number of nitrogens with zero attached hydrogens (tertiary/aromatic N) is 5. The van der Waals surface area contributed by atoms with E-state index < -0.39 is 17.0 Å². The molecule has 5 rings (SSSR count). The molecule has 11 nitrogen and oxygen atoms in total. The maximum atomic E-state index is 13.0. The fourth-order valence-electron chi connectivity index (χ4n) is 3.95. The van der Waals surface area contributed by atoms with Crippen molar-refractivity contribution in [3.05, 3.63) is 52.1 Å². The van der Waals surface area contributed by atoms with Gasteiger partial charge < -0.3 is 14.6 Å². The molecule has 3 aromatic rings. The minimum Gasteiger partial charge on any atom is -0.854 e. The average molecular weight is 453 g/mol. The lowest BCUT2D eigenvalue weighted by atomic mass is 10.00. The summed E-state index contributed by atoms with van der Waals surface area (Å²) in [6.07, 6.45) is 0.591. The Morgan fingerprint density at radius 3 is 2.69 bits per heavy atom. The first-order valence-electron chi connectivity index (χ1n) is 9.42. The number of fused-ring (bicyclic) bond motifs is 4. The number of para-hydroxylation sites is 1. The van der Waals surface area contributed by atoms with Crippen LogP contribution in [-0.4, -0.2) is 34.0 Å². The van der Waals surface area contributed by atoms with Gasteiger partial charge >= 0.3 is 0 Å². The molecule has 0 spiro atoms. The summed E-state index contributed by atoms with van der Waals surface area (Å²) >= 11 is 1.15. The SMILES string of the molecule is CSc1nc([O-])c2[n+](n1)C(c1cc3c(cc1[N+](=O)[O-])OCO3)N(C(C)=O)c1ccccc1-2. The van der Waals surface area contributed by atoms with Crippen molar-refractivity contribution in [2.45, 2.75) is 18.2 Å². The van der Waals surface area contributed by atoms with Gasteiger partial charge in [-0.25, -0.2) is 9.88 Å². The molecule has 12 heteroatoms. The quantitative estimate of drug-likeness (QED) is 0.252. The molecule has 162 valence electrons. The molecular formula is C20H15N5O6S. The van der Waals surface area contributed by atoms with Gasteiger partial charge in [0.2, 0.25) is 12.7 Å². The van der Waals surface area contributed by atoms with Crippen molar-refractivity contribution in [1.29, 1.82) is 0 Å². The lowest BCUT2D eigenvalue weighted by Crippen LogP contribution is -2.58. The zero-order valence-corrected chi connectivity index (χ0v) is 17.7. The number of nitro benzene ring substituents is 1. The molecule has 1 unspecified atom stereocenters. The highest BCUT2D eigenvalue weighted by Crippen LogP contribution is 2.45. The second-order valence-corrected chi connectivity index (χ2v) is 7.77. The number of ether oxygens (including phenoxy) is 2. The molecule has 0 bridgehead atoms. The molecule has 1 atom stereocenters. The predicted molar refractivity (Wildman–Crippen MR) is 109 cm³/mol. The van der Waals surface area contributed by atoms with Gasteiger partial charge in [0, 0.05) is 18.1 Å². The van der Waals surface area contributed by atoms with Crippen LogP contribution in [0.25, 0.3) is 11.3 Å². The van der Waals surface area contributed by atoms with Gasteiger partial charge in [-0.15, -0.1) is 0 Å². The number of anilines is 1. The third-order valence-corrected chi connectivity index (χ3v) is 5.77. The van der Waals surface area contributed by atoms with Crippen LogP contribution < -0.4 is 24.2 Å². The number of carbonyl (C=O) groups excluding carboxylic acids is 1. The highest BCUT2D eigenvalue weighted by atomic mass is 32.2. The number of benzene rings is 2. The Hall–Kier alpha value is -3.93. The zero-order valence-electron chi connectivity index (χ0n) is 16.8. The summed E-state index contributed by atoms with van der Waals surface area (Å²) in [5, 5.41) is 29.6. The summed E-state index contributed by atoms with van der Waals surface area (Å²) in [6.45, 7) is 1.27. The first kappa shape index (κ1) is 20.0. The van der Waals surface area contributed by atoms with Gasteiger partial charge in [-0.2, -0.15) is 0 Å². The Bertz CT molecular complexity index is 1300. The van der Waals surface area contributed by atoms with E-state index in [2.05, 4.69) is 10.1 Å². The van der Waals surface area contributed by atoms with Crippen molar-refractivity contribution in [1.82, 2.24) is 10.1 Å². The predicted octanol–water partition coefficient (Wildman–Crippen LogP) is 1.78. The molecule has 0 radical (unpaired) electrons. The van der Waals surface area contributed by atoms with E-state index in [9.17, 15) is 20.0 Å². The van der Waals surface area contributed by atoms with Gasteiger partial charge in [0.15, 0.2) is 11.5 Å². The number of thioether (sulfide) groups is 1. The Labute approximate surface area is 185 Å². The number of hydrogen-bond acceptors (Lipinski definition) is 9. The van der Waals surface area contributed by atoms with Crippen LogP contribution in [0.4, 0.5) is 11.4 Å². The fourth-order valence-corrected chi connectivity index (χ4v) is 4.30. The molecule has 2 aliphatic heterocycles. The molecule has 0 N–H and O–H groups in total. The van der Waals surface area contributed by atoms with Crippen molar-refractivity contribution in [2.75, 3.05) is 17.9 Å². The van der Waals surface area contributed by atoms with Crippen LogP contribution in [0.5, 0.6) is 17.4 Å². The number of hydrogen-bond donors (Lipinski definition) is 0. The van der Waals surface area contributed by atoms with E-state index in [-0.39, 0.29) is 40.6 Å². The third-order valence-electron chi connectivity index (χ3n) is 5.24. The molecule has 1 amide bonds. The molecule has 0 saturated heterocycles. The van der Waals surface area contributed by atoms with Crippen LogP contribution in [0, 0.1) is 10.1 Å². The van der Waals surface area contributed by atoms with Crippen molar-refractivity contribution >= 4 is 29.0 Å². The lowest BCUT2D eigenvalue weighted by molar-refractivity contribution is -0.764. The summed E-state index contributed by atoms with van der Waals surface area (Å²) < 4.78 is 12.1. The minimum atomic E-state index is -1.12. The Morgan fingerprint density at radius 1 is 1.28 bits per heavy atom. The number of rotatable bonds is 3. The highest BCUT2D eigenvalue weighted by Gasteiger charge is 2.47. The van der Waals surface area contributed by atoms with Crippen LogP contribution in [-0.2, 0) is 4.79 Å². The van der Waals surface area contributed by atoms with Crippen molar-refractivity contribution < 1.29 is 29.0 Å². The summed E-state index contributed by atoms with van der Waals surface area (Å²) in [6, 6.07) is 9.52. The van der Waals surface area contributed by atoms with E-state index in [1.165, 1.54) is 28.6 Å². The molecule has 1 aromatic heterocycles. The van der Waals surface area contributed by atoms with Crippen molar-refractivity contribution in [3.63, 3.8) is 0 Å². The topological polar surface area (TPSA) is 135 Å². The fraction of sp³-hybridized carbons (Fsp3) is 0.200. The number of amides is 1. The molecule has 0 saturated carbocycles. The van der Waals surface area contributed by atoms with Crippen LogP contribution in [0.15, 0.2) is 41.6 Å². The summed E-state index contributed by atoms with van der Waals surface area (Å²) in [5.74, 6) is -0.400. The summed E-state index contributed by atoms with van der Waals surface area (Å²) in [7, 11) is 0. The Balaban J connectivity index is 1.88. The van der Waals surface area contributed by atoms with Gasteiger partial charge in [0.25, 0.3) is 22.7 Å². The largest absolute Gasteiger partial charge is 0.854 e. The Kier molecular flexibility index (Phi) is 4.59. The lowest BCUT2D eigenvalue weighted by Gasteiger charge is -2.32. The van der Waals surface area contributed by atoms with Gasteiger partial charge in [-0.05, 0) is 18.4 Å². The van der Waals surface area contributed by atoms with Gasteiger partial charge in [0.05, 0.1) is 28.1 Å². The first-order chi connectivity index (χ1) is 15.4. The van der Waals surface area contributed by atoms with E-state index in [1.807, 2.05) is 0 Å². The van der Waals surface area contributed by atoms with E-state index in [0.717, 1.165) is 11.8 Å². The van der Waals surface area contributed by atoms with Gasteiger partial charge in [-0.1, -0.05) is 28.6 Å². The molecule has 2 aliphatic rings. The monoisotopic (exact) mass is 453 g/mol. The van der Waals surface area contributed by atoms with Gasteiger partial charge in [-0.3, -0.25) is 14.9 Å². The standard InChI is InChI=1S/C20H15N5O6S/c1-10(26)23-13-6-4-3-5-11(13)17-18(27)21-20(32-2)22-24(17)19(23)12-7-15-16(31-9-30-15)8-14(12)25(28)29/h3-8,19H,9H2,1-2H3. The van der Waals surface area contributed by atoms with E-state index >= 15 is 0 Å². The highest BCUT2D eigenvalue weighted by molar-refractivity contribution is 7.98. The van der Waals surface area contributed by atoms with Crippen LogP contribution in [0.2, 0.25) is 0 Å². The summed E-state index contributed by atoms with van der Waals surface area (Å²) in [5.41, 5.74) is 0.850. The average Bonchev–Trinajstić information content (AvgIpc) is 3.24. The number of nitro groups is 1.